The maximum absolute atomic E-state index is 12.8. The second kappa shape index (κ2) is 8.51. The van der Waals surface area contributed by atoms with Crippen LogP contribution >= 0.6 is 11.8 Å². The van der Waals surface area contributed by atoms with Crippen molar-refractivity contribution in [3.05, 3.63) is 71.1 Å². The third kappa shape index (κ3) is 4.82. The van der Waals surface area contributed by atoms with Crippen LogP contribution in [-0.2, 0) is 10.8 Å². The Morgan fingerprint density at radius 1 is 0.870 bits per heavy atom. The summed E-state index contributed by atoms with van der Waals surface area (Å²) in [6.07, 6.45) is 6.20. The second-order valence-electron chi connectivity index (χ2n) is 5.81. The predicted octanol–water partition coefficient (Wildman–Crippen LogP) is 5.80. The average molecular weight is 343 g/mol. The Kier molecular flexibility index (Phi) is 6.12. The van der Waals surface area contributed by atoms with Crippen molar-refractivity contribution in [2.45, 2.75) is 41.9 Å². The first-order valence-corrected chi connectivity index (χ1v) is 10.3. The summed E-state index contributed by atoms with van der Waals surface area (Å²) in [6.45, 7) is 0. The maximum Gasteiger partial charge on any atom is 0.0595 e. The normalized spacial score (nSPS) is 16.1. The van der Waals surface area contributed by atoms with Gasteiger partial charge in [-0.3, -0.25) is 4.21 Å². The monoisotopic (exact) mass is 342 g/mol. The molecule has 1 atom stereocenters. The van der Waals surface area contributed by atoms with E-state index < -0.39 is 10.8 Å². The van der Waals surface area contributed by atoms with Crippen LogP contribution in [0.4, 0.5) is 0 Å². The van der Waals surface area contributed by atoms with Crippen LogP contribution in [0.1, 0.15) is 32.1 Å². The number of allylic oxidation sites excluding steroid dienone is 1. The van der Waals surface area contributed by atoms with Gasteiger partial charge in [-0.05, 0) is 49.9 Å². The van der Waals surface area contributed by atoms with Crippen molar-refractivity contribution in [2.24, 2.45) is 0 Å². The van der Waals surface area contributed by atoms with E-state index in [1.165, 1.54) is 47.5 Å². The molecule has 1 aliphatic carbocycles. The van der Waals surface area contributed by atoms with E-state index in [1.54, 1.807) is 11.8 Å². The fourth-order valence-corrected chi connectivity index (χ4v) is 5.42. The molecule has 0 spiro atoms. The van der Waals surface area contributed by atoms with E-state index in [2.05, 4.69) is 24.3 Å². The molecule has 0 radical (unpaired) electrons. The maximum atomic E-state index is 12.8. The summed E-state index contributed by atoms with van der Waals surface area (Å²) in [5.41, 5.74) is 1.52. The van der Waals surface area contributed by atoms with Crippen LogP contribution in [0.25, 0.3) is 0 Å². The lowest BCUT2D eigenvalue weighted by molar-refractivity contribution is 0.597. The third-order valence-corrected chi connectivity index (χ3v) is 6.82. The van der Waals surface area contributed by atoms with Crippen molar-refractivity contribution in [2.75, 3.05) is 5.75 Å². The Bertz CT molecular complexity index is 669. The summed E-state index contributed by atoms with van der Waals surface area (Å²) in [6, 6.07) is 20.3. The SMILES string of the molecule is O=S(CC(Sc1ccccc1)=C1CCCCC1)c1ccccc1. The van der Waals surface area contributed by atoms with Gasteiger partial charge in [0.25, 0.3) is 0 Å². The molecule has 1 nitrogen and oxygen atoms in total. The quantitative estimate of drug-likeness (QED) is 0.638. The van der Waals surface area contributed by atoms with Crippen LogP contribution in [0, 0.1) is 0 Å². The highest BCUT2D eigenvalue weighted by atomic mass is 32.2. The Morgan fingerprint density at radius 2 is 1.48 bits per heavy atom. The van der Waals surface area contributed by atoms with Crippen LogP contribution < -0.4 is 0 Å². The lowest BCUT2D eigenvalue weighted by Crippen LogP contribution is -2.05. The minimum Gasteiger partial charge on any atom is -0.254 e. The summed E-state index contributed by atoms with van der Waals surface area (Å²) in [4.78, 5) is 3.48. The molecule has 1 unspecified atom stereocenters. The molecular weight excluding hydrogens is 320 g/mol. The highest BCUT2D eigenvalue weighted by Gasteiger charge is 2.16. The molecule has 0 saturated heterocycles. The predicted molar refractivity (Wildman–Crippen MR) is 100 cm³/mol. The first kappa shape index (κ1) is 16.5. The fraction of sp³-hybridized carbons (Fsp3) is 0.300. The van der Waals surface area contributed by atoms with Crippen LogP contribution in [-0.4, -0.2) is 9.96 Å². The van der Waals surface area contributed by atoms with Crippen LogP contribution in [0.15, 0.2) is 80.9 Å². The van der Waals surface area contributed by atoms with Crippen molar-refractivity contribution >= 4 is 22.6 Å². The first-order chi connectivity index (χ1) is 11.3. The van der Waals surface area contributed by atoms with Crippen molar-refractivity contribution in [3.8, 4) is 0 Å². The van der Waals surface area contributed by atoms with Gasteiger partial charge < -0.3 is 0 Å². The van der Waals surface area contributed by atoms with Gasteiger partial charge in [0.2, 0.25) is 0 Å². The largest absolute Gasteiger partial charge is 0.254 e. The third-order valence-electron chi connectivity index (χ3n) is 4.10. The Hall–Kier alpha value is -1.32. The van der Waals surface area contributed by atoms with Crippen LogP contribution in [0.3, 0.4) is 0 Å². The zero-order valence-electron chi connectivity index (χ0n) is 13.2. The molecule has 1 aliphatic rings. The van der Waals surface area contributed by atoms with Gasteiger partial charge in [-0.15, -0.1) is 0 Å². The van der Waals surface area contributed by atoms with E-state index in [9.17, 15) is 4.21 Å². The van der Waals surface area contributed by atoms with E-state index in [-0.39, 0.29) is 0 Å². The van der Waals surface area contributed by atoms with Gasteiger partial charge in [0.15, 0.2) is 0 Å². The zero-order valence-corrected chi connectivity index (χ0v) is 14.9. The molecule has 0 aromatic heterocycles. The highest BCUT2D eigenvalue weighted by molar-refractivity contribution is 8.04. The van der Waals surface area contributed by atoms with Crippen LogP contribution in [0.2, 0.25) is 0 Å². The number of rotatable bonds is 5. The molecule has 2 aromatic rings. The Labute approximate surface area is 145 Å². The van der Waals surface area contributed by atoms with Crippen molar-refractivity contribution < 1.29 is 4.21 Å². The van der Waals surface area contributed by atoms with E-state index in [0.29, 0.717) is 5.75 Å². The van der Waals surface area contributed by atoms with Crippen molar-refractivity contribution in [3.63, 3.8) is 0 Å². The van der Waals surface area contributed by atoms with Gasteiger partial charge in [-0.25, -0.2) is 0 Å². The Morgan fingerprint density at radius 3 is 2.13 bits per heavy atom. The molecule has 3 rings (SSSR count). The van der Waals surface area contributed by atoms with Gasteiger partial charge >= 0.3 is 0 Å². The summed E-state index contributed by atoms with van der Waals surface area (Å²) >= 11 is 1.80. The lowest BCUT2D eigenvalue weighted by atomic mass is 9.95. The molecule has 0 aliphatic heterocycles. The lowest BCUT2D eigenvalue weighted by Gasteiger charge is -2.19. The summed E-state index contributed by atoms with van der Waals surface area (Å²) in [7, 11) is -0.968. The average Bonchev–Trinajstić information content (AvgIpc) is 2.63. The molecule has 23 heavy (non-hydrogen) atoms. The molecular formula is C20H22OS2. The molecule has 0 N–H and O–H groups in total. The molecule has 1 fully saturated rings. The number of benzene rings is 2. The molecule has 0 heterocycles. The van der Waals surface area contributed by atoms with Crippen molar-refractivity contribution in [1.29, 1.82) is 0 Å². The van der Waals surface area contributed by atoms with Crippen LogP contribution in [0.5, 0.6) is 0 Å². The number of hydrogen-bond acceptors (Lipinski definition) is 2. The van der Waals surface area contributed by atoms with E-state index in [0.717, 1.165) is 4.90 Å². The number of hydrogen-bond donors (Lipinski definition) is 0. The minimum absolute atomic E-state index is 0.638. The van der Waals surface area contributed by atoms with Gasteiger partial charge in [-0.1, -0.05) is 60.2 Å². The van der Waals surface area contributed by atoms with Gasteiger partial charge in [0.1, 0.15) is 0 Å². The van der Waals surface area contributed by atoms with Gasteiger partial charge in [-0.2, -0.15) is 0 Å². The van der Waals surface area contributed by atoms with Gasteiger partial charge in [0.05, 0.1) is 16.6 Å². The highest BCUT2D eigenvalue weighted by Crippen LogP contribution is 2.36. The number of thioether (sulfide) groups is 1. The second-order valence-corrected chi connectivity index (χ2v) is 8.42. The van der Waals surface area contributed by atoms with E-state index in [4.69, 9.17) is 0 Å². The fourth-order valence-electron chi connectivity index (χ4n) is 2.87. The molecule has 0 bridgehead atoms. The van der Waals surface area contributed by atoms with E-state index >= 15 is 0 Å². The van der Waals surface area contributed by atoms with Gasteiger partial charge in [0, 0.05) is 14.7 Å². The summed E-state index contributed by atoms with van der Waals surface area (Å²) in [5.74, 6) is 0.638. The molecule has 1 saturated carbocycles. The summed E-state index contributed by atoms with van der Waals surface area (Å²) in [5, 5.41) is 0. The topological polar surface area (TPSA) is 17.1 Å². The Balaban J connectivity index is 1.82. The minimum atomic E-state index is -0.968. The van der Waals surface area contributed by atoms with Crippen molar-refractivity contribution in [1.82, 2.24) is 0 Å². The molecule has 120 valence electrons. The standard InChI is InChI=1S/C20H22OS2/c21-23(19-14-8-3-9-15-19)16-20(17-10-4-1-5-11-17)22-18-12-6-2-7-13-18/h2-3,6-9,12-15H,1,4-5,10-11,16H2. The molecule has 2 aromatic carbocycles. The summed E-state index contributed by atoms with van der Waals surface area (Å²) < 4.78 is 12.8. The smallest absolute Gasteiger partial charge is 0.0595 e. The van der Waals surface area contributed by atoms with E-state index in [1.807, 2.05) is 36.4 Å². The first-order valence-electron chi connectivity index (χ1n) is 8.20. The molecule has 3 heteroatoms. The zero-order chi connectivity index (χ0) is 15.9. The molecule has 0 amide bonds.